The van der Waals surface area contributed by atoms with Crippen LogP contribution in [0.25, 0.3) is 0 Å². The molecule has 0 saturated carbocycles. The van der Waals surface area contributed by atoms with E-state index in [1.807, 2.05) is 30.1 Å². The summed E-state index contributed by atoms with van der Waals surface area (Å²) in [6.45, 7) is 4.32. The van der Waals surface area contributed by atoms with Crippen LogP contribution in [0.2, 0.25) is 0 Å². The minimum Gasteiger partial charge on any atom is -0.312 e. The van der Waals surface area contributed by atoms with Crippen molar-refractivity contribution in [1.82, 2.24) is 4.90 Å². The molecule has 0 atom stereocenters. The highest BCUT2D eigenvalue weighted by atomic mass is 32.2. The molecule has 0 unspecified atom stereocenters. The van der Waals surface area contributed by atoms with Gasteiger partial charge in [-0.15, -0.1) is 0 Å². The quantitative estimate of drug-likeness (QED) is 0.415. The van der Waals surface area contributed by atoms with Gasteiger partial charge in [-0.25, -0.2) is 8.78 Å². The molecule has 7 heteroatoms. The van der Waals surface area contributed by atoms with E-state index in [9.17, 15) is 8.78 Å². The lowest BCUT2D eigenvalue weighted by Gasteiger charge is -2.28. The van der Waals surface area contributed by atoms with Gasteiger partial charge in [-0.3, -0.25) is 0 Å². The van der Waals surface area contributed by atoms with Crippen LogP contribution >= 0.6 is 11.9 Å². The summed E-state index contributed by atoms with van der Waals surface area (Å²) in [5, 5.41) is 7.55. The van der Waals surface area contributed by atoms with Gasteiger partial charge in [0.25, 0.3) is 6.43 Å². The van der Waals surface area contributed by atoms with E-state index >= 15 is 0 Å². The third-order valence-corrected chi connectivity index (χ3v) is 6.68. The second-order valence-electron chi connectivity index (χ2n) is 7.92. The molecule has 2 aromatic rings. The van der Waals surface area contributed by atoms with Gasteiger partial charge in [-0.1, -0.05) is 56.3 Å². The number of anilines is 1. The number of halogens is 2. The summed E-state index contributed by atoms with van der Waals surface area (Å²) in [5.41, 5.74) is 3.67. The third-order valence-electron chi connectivity index (χ3n) is 5.66. The van der Waals surface area contributed by atoms with E-state index in [1.165, 1.54) is 43.6 Å². The highest BCUT2D eigenvalue weighted by Gasteiger charge is 2.21. The Morgan fingerprint density at radius 1 is 0.938 bits per heavy atom. The van der Waals surface area contributed by atoms with Crippen molar-refractivity contribution in [3.05, 3.63) is 65.7 Å². The molecule has 32 heavy (non-hydrogen) atoms. The van der Waals surface area contributed by atoms with Crippen LogP contribution in [-0.2, 0) is 6.54 Å². The second kappa shape index (κ2) is 12.1. The lowest BCUT2D eigenvalue weighted by molar-refractivity contribution is 0.224. The Balaban J connectivity index is 0.00000289. The number of alkyl halides is 2. The number of benzene rings is 2. The lowest BCUT2D eigenvalue weighted by atomic mass is 10.0. The molecule has 0 amide bonds. The molecule has 172 valence electrons. The van der Waals surface area contributed by atoms with Crippen molar-refractivity contribution in [2.45, 2.75) is 46.1 Å². The zero-order valence-electron chi connectivity index (χ0n) is 17.6. The van der Waals surface area contributed by atoms with E-state index in [0.717, 1.165) is 24.4 Å². The Bertz CT molecular complexity index is 894. The fourth-order valence-electron chi connectivity index (χ4n) is 3.88. The molecule has 0 aliphatic carbocycles. The van der Waals surface area contributed by atoms with E-state index in [0.29, 0.717) is 5.71 Å². The standard InChI is InChI=1S/C24H28F2N4S.CH4/c25-24(26)23-17-22(27-28-23)20-11-9-19(10-12-20)18-30(21-7-3-1-4-8-21)31-16-15-29-13-5-2-6-14-29;/h1,3-4,7-12,24H,2,5-6,13-18H2;1H4. The Labute approximate surface area is 194 Å². The van der Waals surface area contributed by atoms with Gasteiger partial charge >= 0.3 is 0 Å². The molecule has 0 aromatic heterocycles. The molecule has 0 bridgehead atoms. The van der Waals surface area contributed by atoms with Crippen LogP contribution in [0.15, 0.2) is 64.8 Å². The van der Waals surface area contributed by atoms with E-state index in [4.69, 9.17) is 0 Å². The number of hydrogen-bond acceptors (Lipinski definition) is 5. The zero-order valence-corrected chi connectivity index (χ0v) is 18.4. The Morgan fingerprint density at radius 2 is 1.66 bits per heavy atom. The van der Waals surface area contributed by atoms with Gasteiger partial charge in [-0.05, 0) is 61.1 Å². The molecule has 2 aromatic carbocycles. The molecule has 0 spiro atoms. The fourth-order valence-corrected chi connectivity index (χ4v) is 4.96. The highest BCUT2D eigenvalue weighted by molar-refractivity contribution is 8.00. The summed E-state index contributed by atoms with van der Waals surface area (Å²) < 4.78 is 27.9. The number of likely N-dealkylation sites (tertiary alicyclic amines) is 1. The van der Waals surface area contributed by atoms with E-state index < -0.39 is 6.43 Å². The Hall–Kier alpha value is -2.25. The van der Waals surface area contributed by atoms with E-state index in [1.54, 1.807) is 0 Å². The SMILES string of the molecule is C.FC(F)C1=NN=C(c2ccc(CN(SCCN3CCCCC3)c3ccccc3)cc2)C1. The molecule has 0 N–H and O–H groups in total. The maximum absolute atomic E-state index is 12.8. The van der Waals surface area contributed by atoms with Crippen LogP contribution in [0.3, 0.4) is 0 Å². The van der Waals surface area contributed by atoms with Gasteiger partial charge in [0, 0.05) is 24.4 Å². The summed E-state index contributed by atoms with van der Waals surface area (Å²) in [6.07, 6.45) is 1.57. The van der Waals surface area contributed by atoms with E-state index in [2.05, 4.69) is 55.8 Å². The fraction of sp³-hybridized carbons (Fsp3) is 0.440. The van der Waals surface area contributed by atoms with Crippen molar-refractivity contribution >= 4 is 29.1 Å². The summed E-state index contributed by atoms with van der Waals surface area (Å²) in [6, 6.07) is 18.5. The molecule has 2 aliphatic rings. The minimum atomic E-state index is -2.54. The summed E-state index contributed by atoms with van der Waals surface area (Å²) >= 11 is 1.86. The molecule has 2 aliphatic heterocycles. The average molecular weight is 459 g/mol. The summed E-state index contributed by atoms with van der Waals surface area (Å²) in [5.74, 6) is 1.05. The van der Waals surface area contributed by atoms with Gasteiger partial charge in [-0.2, -0.15) is 10.2 Å². The third kappa shape index (κ3) is 6.62. The molecule has 1 saturated heterocycles. The first-order chi connectivity index (χ1) is 15.2. The predicted octanol–water partition coefficient (Wildman–Crippen LogP) is 6.28. The number of para-hydroxylation sites is 1. The second-order valence-corrected chi connectivity index (χ2v) is 9.03. The highest BCUT2D eigenvalue weighted by Crippen LogP contribution is 2.26. The monoisotopic (exact) mass is 458 g/mol. The van der Waals surface area contributed by atoms with Crippen molar-refractivity contribution in [3.63, 3.8) is 0 Å². The minimum absolute atomic E-state index is 0. The van der Waals surface area contributed by atoms with Gasteiger partial charge in [0.1, 0.15) is 5.71 Å². The predicted molar refractivity (Wildman–Crippen MR) is 133 cm³/mol. The van der Waals surface area contributed by atoms with Crippen molar-refractivity contribution in [3.8, 4) is 0 Å². The van der Waals surface area contributed by atoms with Crippen LogP contribution in [0, 0.1) is 0 Å². The van der Waals surface area contributed by atoms with Gasteiger partial charge in [0.15, 0.2) is 0 Å². The van der Waals surface area contributed by atoms with Crippen molar-refractivity contribution in [2.75, 3.05) is 29.7 Å². The van der Waals surface area contributed by atoms with Gasteiger partial charge < -0.3 is 9.21 Å². The normalized spacial score (nSPS) is 16.5. The first kappa shape index (κ1) is 24.4. The van der Waals surface area contributed by atoms with E-state index in [-0.39, 0.29) is 19.6 Å². The van der Waals surface area contributed by atoms with Crippen LogP contribution in [0.4, 0.5) is 14.5 Å². The molecule has 4 nitrogen and oxygen atoms in total. The zero-order chi connectivity index (χ0) is 21.5. The van der Waals surface area contributed by atoms with Crippen LogP contribution < -0.4 is 4.31 Å². The first-order valence-electron chi connectivity index (χ1n) is 10.9. The largest absolute Gasteiger partial charge is 0.312 e. The summed E-state index contributed by atoms with van der Waals surface area (Å²) in [4.78, 5) is 2.56. The van der Waals surface area contributed by atoms with Crippen LogP contribution in [0.1, 0.15) is 44.2 Å². The number of hydrogen-bond donors (Lipinski definition) is 0. The van der Waals surface area contributed by atoms with Crippen molar-refractivity contribution in [1.29, 1.82) is 0 Å². The topological polar surface area (TPSA) is 31.2 Å². The summed E-state index contributed by atoms with van der Waals surface area (Å²) in [7, 11) is 0. The van der Waals surface area contributed by atoms with Gasteiger partial charge in [0.2, 0.25) is 0 Å². The Morgan fingerprint density at radius 3 is 2.31 bits per heavy atom. The molecular formula is C25H32F2N4S. The van der Waals surface area contributed by atoms with Crippen molar-refractivity contribution in [2.24, 2.45) is 10.2 Å². The number of rotatable bonds is 9. The Kier molecular flexibility index (Phi) is 9.23. The molecule has 2 heterocycles. The molecule has 4 rings (SSSR count). The molecular weight excluding hydrogens is 426 g/mol. The van der Waals surface area contributed by atoms with Crippen LogP contribution in [-0.4, -0.2) is 48.1 Å². The van der Waals surface area contributed by atoms with Gasteiger partial charge in [0.05, 0.1) is 12.3 Å². The number of piperidine rings is 1. The van der Waals surface area contributed by atoms with Crippen molar-refractivity contribution < 1.29 is 8.78 Å². The lowest BCUT2D eigenvalue weighted by Crippen LogP contribution is -2.32. The average Bonchev–Trinajstić information content (AvgIpc) is 3.31. The maximum Gasteiger partial charge on any atom is 0.278 e. The number of nitrogens with zero attached hydrogens (tertiary/aromatic N) is 4. The smallest absolute Gasteiger partial charge is 0.278 e. The maximum atomic E-state index is 12.8. The first-order valence-corrected chi connectivity index (χ1v) is 11.8. The molecule has 0 radical (unpaired) electrons. The molecule has 1 fully saturated rings. The van der Waals surface area contributed by atoms with Crippen LogP contribution in [0.5, 0.6) is 0 Å².